The third-order valence-electron chi connectivity index (χ3n) is 5.73. The summed E-state index contributed by atoms with van der Waals surface area (Å²) >= 11 is 1.65. The molecule has 6 nitrogen and oxygen atoms in total. The van der Waals surface area contributed by atoms with Gasteiger partial charge in [0.15, 0.2) is 0 Å². The molecule has 0 spiro atoms. The summed E-state index contributed by atoms with van der Waals surface area (Å²) in [5.41, 5.74) is 1.10. The number of hydrogen-bond acceptors (Lipinski definition) is 6. The number of aliphatic hydroxyl groups is 2. The number of carbonyl (C=O) groups is 1. The minimum absolute atomic E-state index is 0.260. The van der Waals surface area contributed by atoms with Crippen molar-refractivity contribution in [2.24, 2.45) is 10.9 Å². The van der Waals surface area contributed by atoms with Crippen molar-refractivity contribution in [1.29, 1.82) is 0 Å². The fourth-order valence-electron chi connectivity index (χ4n) is 3.95. The molecule has 0 aliphatic heterocycles. The van der Waals surface area contributed by atoms with Gasteiger partial charge >= 0.3 is 0 Å². The van der Waals surface area contributed by atoms with Crippen LogP contribution in [-0.4, -0.2) is 33.9 Å². The predicted molar refractivity (Wildman–Crippen MR) is 128 cm³/mol. The monoisotopic (exact) mass is 441 g/mol. The molecular formula is C24H31N3O3S. The van der Waals surface area contributed by atoms with Gasteiger partial charge in [-0.3, -0.25) is 9.79 Å². The number of fused-ring (bicyclic) bond motifs is 1. The largest absolute Gasteiger partial charge is 0.396 e. The Kier molecular flexibility index (Phi) is 7.41. The van der Waals surface area contributed by atoms with Crippen molar-refractivity contribution in [2.45, 2.75) is 58.0 Å². The molecule has 0 bridgehead atoms. The zero-order valence-corrected chi connectivity index (χ0v) is 19.2. The van der Waals surface area contributed by atoms with Crippen LogP contribution in [-0.2, 0) is 10.4 Å². The Morgan fingerprint density at radius 3 is 2.65 bits per heavy atom. The summed E-state index contributed by atoms with van der Waals surface area (Å²) in [6, 6.07) is 3.76. The van der Waals surface area contributed by atoms with Gasteiger partial charge in [-0.05, 0) is 64.5 Å². The molecule has 0 unspecified atom stereocenters. The van der Waals surface area contributed by atoms with Crippen LogP contribution in [0.4, 0.5) is 5.69 Å². The standard InChI is InChI=1S/C24H31N3O3S/c1-5-11-25-18(6-2)22(29)26-19-13-20-21(12-17(19)24(3,4)30)31-23(27-20)16-9-7-15(14-28)8-10-16/h5-6,11-13,15-16,28,30H,1,7-10,14H2,2-4H3,(H,26,29)/b18-6-,25-11?. The van der Waals surface area contributed by atoms with Crippen LogP contribution in [0.5, 0.6) is 0 Å². The van der Waals surface area contributed by atoms with Crippen LogP contribution in [0, 0.1) is 5.92 Å². The average molecular weight is 442 g/mol. The Hall–Kier alpha value is -2.35. The van der Waals surface area contributed by atoms with Gasteiger partial charge in [0.2, 0.25) is 0 Å². The number of nitrogens with zero attached hydrogens (tertiary/aromatic N) is 2. The maximum Gasteiger partial charge on any atom is 0.273 e. The van der Waals surface area contributed by atoms with Gasteiger partial charge < -0.3 is 15.5 Å². The van der Waals surface area contributed by atoms with Gasteiger partial charge in [0.05, 0.1) is 20.8 Å². The molecule has 1 fully saturated rings. The summed E-state index contributed by atoms with van der Waals surface area (Å²) in [6.45, 7) is 8.99. The average Bonchev–Trinajstić information content (AvgIpc) is 3.16. The van der Waals surface area contributed by atoms with E-state index in [4.69, 9.17) is 4.98 Å². The maximum atomic E-state index is 12.7. The summed E-state index contributed by atoms with van der Waals surface area (Å²) in [5.74, 6) is 0.439. The van der Waals surface area contributed by atoms with Gasteiger partial charge in [0, 0.05) is 30.0 Å². The topological polar surface area (TPSA) is 94.8 Å². The van der Waals surface area contributed by atoms with E-state index < -0.39 is 5.60 Å². The van der Waals surface area contributed by atoms with Gasteiger partial charge in [-0.15, -0.1) is 11.3 Å². The van der Waals surface area contributed by atoms with Crippen LogP contribution < -0.4 is 5.32 Å². The highest BCUT2D eigenvalue weighted by atomic mass is 32.1. The number of carbonyl (C=O) groups excluding carboxylic acids is 1. The van der Waals surface area contributed by atoms with Gasteiger partial charge in [-0.2, -0.15) is 0 Å². The molecule has 3 rings (SSSR count). The van der Waals surface area contributed by atoms with E-state index >= 15 is 0 Å². The second kappa shape index (κ2) is 9.85. The zero-order chi connectivity index (χ0) is 22.6. The van der Waals surface area contributed by atoms with E-state index in [0.717, 1.165) is 40.9 Å². The summed E-state index contributed by atoms with van der Waals surface area (Å²) < 4.78 is 0.991. The van der Waals surface area contributed by atoms with E-state index in [1.54, 1.807) is 38.2 Å². The minimum Gasteiger partial charge on any atom is -0.396 e. The quantitative estimate of drug-likeness (QED) is 0.421. The van der Waals surface area contributed by atoms with Crippen LogP contribution in [0.3, 0.4) is 0 Å². The molecule has 0 radical (unpaired) electrons. The molecule has 1 aliphatic rings. The number of benzene rings is 1. The molecule has 31 heavy (non-hydrogen) atoms. The van der Waals surface area contributed by atoms with Gasteiger partial charge in [0.1, 0.15) is 5.70 Å². The maximum absolute atomic E-state index is 12.7. The molecule has 1 saturated carbocycles. The van der Waals surface area contributed by atoms with Crippen LogP contribution in [0.15, 0.2) is 41.6 Å². The highest BCUT2D eigenvalue weighted by Gasteiger charge is 2.27. The molecule has 3 N–H and O–H groups in total. The minimum atomic E-state index is -1.14. The highest BCUT2D eigenvalue weighted by Crippen LogP contribution is 2.41. The fourth-order valence-corrected chi connectivity index (χ4v) is 5.11. The molecule has 1 aliphatic carbocycles. The number of nitrogens with one attached hydrogen (secondary N) is 1. The Labute approximate surface area is 187 Å². The number of aliphatic hydroxyl groups excluding tert-OH is 1. The first kappa shape index (κ1) is 23.3. The number of aromatic nitrogens is 1. The van der Waals surface area contributed by atoms with Crippen molar-refractivity contribution in [3.8, 4) is 0 Å². The van der Waals surface area contributed by atoms with Crippen molar-refractivity contribution in [3.05, 3.63) is 47.1 Å². The van der Waals surface area contributed by atoms with Crippen molar-refractivity contribution in [2.75, 3.05) is 11.9 Å². The van der Waals surface area contributed by atoms with Crippen molar-refractivity contribution in [1.82, 2.24) is 4.98 Å². The lowest BCUT2D eigenvalue weighted by Gasteiger charge is -2.25. The fraction of sp³-hybridized carbons (Fsp3) is 0.458. The van der Waals surface area contributed by atoms with Crippen LogP contribution >= 0.6 is 11.3 Å². The number of amides is 1. The van der Waals surface area contributed by atoms with Crippen molar-refractivity contribution in [3.63, 3.8) is 0 Å². The number of rotatable bonds is 7. The second-order valence-corrected chi connectivity index (χ2v) is 9.58. The summed E-state index contributed by atoms with van der Waals surface area (Å²) in [4.78, 5) is 21.7. The molecular weight excluding hydrogens is 410 g/mol. The first-order chi connectivity index (χ1) is 14.8. The number of aliphatic imine (C=N–C) groups is 1. The molecule has 0 saturated heterocycles. The van der Waals surface area contributed by atoms with E-state index in [-0.39, 0.29) is 18.2 Å². The lowest BCUT2D eigenvalue weighted by molar-refractivity contribution is -0.112. The predicted octanol–water partition coefficient (Wildman–Crippen LogP) is 4.89. The Balaban J connectivity index is 1.94. The first-order valence-corrected chi connectivity index (χ1v) is 11.5. The summed E-state index contributed by atoms with van der Waals surface area (Å²) in [7, 11) is 0. The molecule has 7 heteroatoms. The number of hydrogen-bond donors (Lipinski definition) is 3. The molecule has 2 aromatic rings. The molecule has 166 valence electrons. The van der Waals surface area contributed by atoms with Gasteiger partial charge in [0.25, 0.3) is 5.91 Å². The third kappa shape index (κ3) is 5.47. The molecule has 0 atom stereocenters. The first-order valence-electron chi connectivity index (χ1n) is 10.7. The summed E-state index contributed by atoms with van der Waals surface area (Å²) in [5, 5.41) is 24.1. The SMILES string of the molecule is C=CC=N/C(=C\C)C(=O)Nc1cc2nc(C3CCC(CO)CC3)sc2cc1C(C)(C)O. The van der Waals surface area contributed by atoms with E-state index in [0.29, 0.717) is 23.1 Å². The van der Waals surface area contributed by atoms with Crippen LogP contribution in [0.1, 0.15) is 62.9 Å². The molecule has 1 aromatic heterocycles. The van der Waals surface area contributed by atoms with Crippen LogP contribution in [0.25, 0.3) is 10.2 Å². The number of allylic oxidation sites excluding steroid dienone is 2. The third-order valence-corrected chi connectivity index (χ3v) is 6.91. The molecule has 1 amide bonds. The number of thiazole rings is 1. The van der Waals surface area contributed by atoms with Crippen LogP contribution in [0.2, 0.25) is 0 Å². The summed E-state index contributed by atoms with van der Waals surface area (Å²) in [6.07, 6.45) is 8.69. The van der Waals surface area contributed by atoms with Gasteiger partial charge in [-0.1, -0.05) is 18.7 Å². The van der Waals surface area contributed by atoms with Crippen molar-refractivity contribution >= 4 is 39.4 Å². The molecule has 1 aromatic carbocycles. The Morgan fingerprint density at radius 2 is 2.06 bits per heavy atom. The van der Waals surface area contributed by atoms with E-state index in [2.05, 4.69) is 16.9 Å². The molecule has 1 heterocycles. The Morgan fingerprint density at radius 1 is 1.35 bits per heavy atom. The lowest BCUT2D eigenvalue weighted by Crippen LogP contribution is -2.21. The lowest BCUT2D eigenvalue weighted by atomic mass is 9.83. The zero-order valence-electron chi connectivity index (χ0n) is 18.4. The van der Waals surface area contributed by atoms with Gasteiger partial charge in [-0.25, -0.2) is 4.98 Å². The number of anilines is 1. The normalized spacial score (nSPS) is 20.4. The van der Waals surface area contributed by atoms with E-state index in [9.17, 15) is 15.0 Å². The Bertz CT molecular complexity index is 1010. The second-order valence-electron chi connectivity index (χ2n) is 8.52. The van der Waals surface area contributed by atoms with E-state index in [1.807, 2.05) is 12.1 Å². The van der Waals surface area contributed by atoms with Crippen molar-refractivity contribution < 1.29 is 15.0 Å². The van der Waals surface area contributed by atoms with E-state index in [1.165, 1.54) is 12.3 Å². The highest BCUT2D eigenvalue weighted by molar-refractivity contribution is 7.18. The smallest absolute Gasteiger partial charge is 0.273 e.